The largest absolute Gasteiger partial charge is 0.508 e. The van der Waals surface area contributed by atoms with E-state index in [1.807, 2.05) is 25.3 Å². The van der Waals surface area contributed by atoms with E-state index in [4.69, 9.17) is 0 Å². The number of aliphatic hydroxyl groups is 1. The van der Waals surface area contributed by atoms with Crippen LogP contribution in [0.2, 0.25) is 0 Å². The van der Waals surface area contributed by atoms with Gasteiger partial charge in [-0.1, -0.05) is 18.2 Å². The Labute approximate surface area is 103 Å². The van der Waals surface area contributed by atoms with Crippen LogP contribution in [0.1, 0.15) is 18.4 Å². The van der Waals surface area contributed by atoms with E-state index >= 15 is 0 Å². The number of aromatic hydroxyl groups is 1. The van der Waals surface area contributed by atoms with Gasteiger partial charge in [0.05, 0.1) is 6.10 Å². The number of nitrogens with one attached hydrogen (secondary N) is 1. The van der Waals surface area contributed by atoms with Gasteiger partial charge in [0.15, 0.2) is 0 Å². The monoisotopic (exact) mass is 235 g/mol. The molecule has 0 unspecified atom stereocenters. The molecule has 1 rings (SSSR count). The molecule has 94 valence electrons. The van der Waals surface area contributed by atoms with Gasteiger partial charge in [0.1, 0.15) is 5.75 Å². The van der Waals surface area contributed by atoms with Gasteiger partial charge in [0, 0.05) is 6.04 Å². The van der Waals surface area contributed by atoms with E-state index in [1.54, 1.807) is 12.1 Å². The van der Waals surface area contributed by atoms with Gasteiger partial charge in [-0.3, -0.25) is 0 Å². The molecule has 0 aromatic heterocycles. The molecule has 0 aliphatic heterocycles. The minimum absolute atomic E-state index is 0.0273. The van der Waals surface area contributed by atoms with Crippen LogP contribution < -0.4 is 5.32 Å². The molecule has 17 heavy (non-hydrogen) atoms. The lowest BCUT2D eigenvalue weighted by Crippen LogP contribution is -2.39. The average Bonchev–Trinajstić information content (AvgIpc) is 2.35. The van der Waals surface area contributed by atoms with Crippen LogP contribution in [-0.2, 0) is 6.42 Å². The Morgan fingerprint density at radius 2 is 2.00 bits per heavy atom. The molecule has 0 spiro atoms. The van der Waals surface area contributed by atoms with Crippen LogP contribution in [0.15, 0.2) is 36.9 Å². The second-order valence-corrected chi connectivity index (χ2v) is 4.20. The Kier molecular flexibility index (Phi) is 5.73. The van der Waals surface area contributed by atoms with Crippen LogP contribution in [0.25, 0.3) is 0 Å². The molecular formula is C14H21NO2. The van der Waals surface area contributed by atoms with E-state index in [-0.39, 0.29) is 17.9 Å². The molecule has 0 bridgehead atoms. The van der Waals surface area contributed by atoms with Gasteiger partial charge in [-0.25, -0.2) is 0 Å². The van der Waals surface area contributed by atoms with Crippen LogP contribution in [0.4, 0.5) is 0 Å². The Bertz CT molecular complexity index is 335. The molecule has 1 aromatic rings. The van der Waals surface area contributed by atoms with E-state index < -0.39 is 0 Å². The quantitative estimate of drug-likeness (QED) is 0.632. The summed E-state index contributed by atoms with van der Waals surface area (Å²) in [5.74, 6) is 0.266. The summed E-state index contributed by atoms with van der Waals surface area (Å²) in [5, 5.41) is 22.3. The summed E-state index contributed by atoms with van der Waals surface area (Å²) in [4.78, 5) is 0. The Morgan fingerprint density at radius 1 is 1.35 bits per heavy atom. The third-order valence-electron chi connectivity index (χ3n) is 2.89. The second-order valence-electron chi connectivity index (χ2n) is 4.20. The number of hydrogen-bond donors (Lipinski definition) is 3. The predicted octanol–water partition coefficient (Wildman–Crippen LogP) is 1.85. The fourth-order valence-corrected chi connectivity index (χ4v) is 1.81. The normalized spacial score (nSPS) is 14.2. The number of likely N-dealkylation sites (N-methyl/N-ethyl adjacent to an activating group) is 1. The molecule has 0 aliphatic rings. The average molecular weight is 235 g/mol. The van der Waals surface area contributed by atoms with Gasteiger partial charge in [-0.2, -0.15) is 0 Å². The van der Waals surface area contributed by atoms with Crippen LogP contribution in [0, 0.1) is 0 Å². The molecular weight excluding hydrogens is 214 g/mol. The molecule has 3 nitrogen and oxygen atoms in total. The lowest BCUT2D eigenvalue weighted by Gasteiger charge is -2.22. The van der Waals surface area contributed by atoms with Crippen LogP contribution in [-0.4, -0.2) is 29.4 Å². The smallest absolute Gasteiger partial charge is 0.115 e. The second kappa shape index (κ2) is 7.09. The summed E-state index contributed by atoms with van der Waals surface area (Å²) < 4.78 is 0. The minimum Gasteiger partial charge on any atom is -0.508 e. The van der Waals surface area contributed by atoms with Crippen LogP contribution in [0.3, 0.4) is 0 Å². The maximum atomic E-state index is 10.00. The zero-order valence-corrected chi connectivity index (χ0v) is 10.3. The van der Waals surface area contributed by atoms with E-state index in [1.165, 1.54) is 0 Å². The van der Waals surface area contributed by atoms with E-state index in [2.05, 4.69) is 11.9 Å². The number of benzene rings is 1. The summed E-state index contributed by atoms with van der Waals surface area (Å²) in [7, 11) is 1.85. The fraction of sp³-hybridized carbons (Fsp3) is 0.429. The SMILES string of the molecule is C=CCC[C@@H](O)[C@@H](Cc1ccc(O)cc1)NC. The van der Waals surface area contributed by atoms with Crippen molar-refractivity contribution in [2.45, 2.75) is 31.4 Å². The lowest BCUT2D eigenvalue weighted by molar-refractivity contribution is 0.122. The molecule has 0 saturated carbocycles. The van der Waals surface area contributed by atoms with E-state index in [9.17, 15) is 10.2 Å². The van der Waals surface area contributed by atoms with Gasteiger partial charge in [0.2, 0.25) is 0 Å². The van der Waals surface area contributed by atoms with Crippen molar-refractivity contribution in [2.24, 2.45) is 0 Å². The molecule has 0 aliphatic carbocycles. The van der Waals surface area contributed by atoms with Crippen molar-refractivity contribution in [1.82, 2.24) is 5.32 Å². The highest BCUT2D eigenvalue weighted by atomic mass is 16.3. The van der Waals surface area contributed by atoms with Crippen molar-refractivity contribution in [3.05, 3.63) is 42.5 Å². The summed E-state index contributed by atoms with van der Waals surface area (Å²) in [6, 6.07) is 7.11. The number of allylic oxidation sites excluding steroid dienone is 1. The number of phenolic OH excluding ortho intramolecular Hbond substituents is 1. The molecule has 0 saturated heterocycles. The van der Waals surface area contributed by atoms with Crippen molar-refractivity contribution in [2.75, 3.05) is 7.05 Å². The highest BCUT2D eigenvalue weighted by molar-refractivity contribution is 5.26. The number of rotatable bonds is 7. The summed E-state index contributed by atoms with van der Waals surface area (Å²) in [6.45, 7) is 3.65. The van der Waals surface area contributed by atoms with E-state index in [0.717, 1.165) is 18.4 Å². The Morgan fingerprint density at radius 3 is 2.53 bits per heavy atom. The topological polar surface area (TPSA) is 52.5 Å². The van der Waals surface area contributed by atoms with Crippen molar-refractivity contribution in [1.29, 1.82) is 0 Å². The zero-order chi connectivity index (χ0) is 12.7. The first-order valence-electron chi connectivity index (χ1n) is 5.91. The summed E-state index contributed by atoms with van der Waals surface area (Å²) >= 11 is 0. The van der Waals surface area contributed by atoms with Crippen molar-refractivity contribution in [3.8, 4) is 5.75 Å². The van der Waals surface area contributed by atoms with Crippen LogP contribution in [0.5, 0.6) is 5.75 Å². The molecule has 1 aromatic carbocycles. The first-order valence-corrected chi connectivity index (χ1v) is 5.91. The van der Waals surface area contributed by atoms with Gasteiger partial charge in [-0.15, -0.1) is 6.58 Å². The molecule has 3 N–H and O–H groups in total. The van der Waals surface area contributed by atoms with E-state index in [0.29, 0.717) is 6.42 Å². The van der Waals surface area contributed by atoms with Crippen molar-refractivity contribution >= 4 is 0 Å². The van der Waals surface area contributed by atoms with Gasteiger partial charge in [0.25, 0.3) is 0 Å². The van der Waals surface area contributed by atoms with Crippen molar-refractivity contribution in [3.63, 3.8) is 0 Å². The lowest BCUT2D eigenvalue weighted by atomic mass is 9.98. The maximum Gasteiger partial charge on any atom is 0.115 e. The summed E-state index contributed by atoms with van der Waals surface area (Å²) in [6.07, 6.45) is 3.71. The minimum atomic E-state index is -0.383. The van der Waals surface area contributed by atoms with Crippen LogP contribution >= 0.6 is 0 Å². The Hall–Kier alpha value is -1.32. The zero-order valence-electron chi connectivity index (χ0n) is 10.3. The first-order chi connectivity index (χ1) is 8.17. The summed E-state index contributed by atoms with van der Waals surface area (Å²) in [5.41, 5.74) is 1.10. The van der Waals surface area contributed by atoms with Gasteiger partial charge < -0.3 is 15.5 Å². The third-order valence-corrected chi connectivity index (χ3v) is 2.89. The molecule has 0 fully saturated rings. The molecule has 2 atom stereocenters. The molecule has 0 amide bonds. The standard InChI is InChI=1S/C14H21NO2/c1-3-4-5-14(17)13(15-2)10-11-6-8-12(16)9-7-11/h3,6-9,13-17H,1,4-5,10H2,2H3/t13-,14-/m1/s1. The van der Waals surface area contributed by atoms with Gasteiger partial charge >= 0.3 is 0 Å². The molecule has 0 radical (unpaired) electrons. The molecule has 0 heterocycles. The highest BCUT2D eigenvalue weighted by Crippen LogP contribution is 2.13. The van der Waals surface area contributed by atoms with Gasteiger partial charge in [-0.05, 0) is 44.0 Å². The van der Waals surface area contributed by atoms with Crippen molar-refractivity contribution < 1.29 is 10.2 Å². The highest BCUT2D eigenvalue weighted by Gasteiger charge is 2.16. The fourth-order valence-electron chi connectivity index (χ4n) is 1.81. The number of aliphatic hydroxyl groups excluding tert-OH is 1. The maximum absolute atomic E-state index is 10.00. The third kappa shape index (κ3) is 4.59. The number of hydrogen-bond acceptors (Lipinski definition) is 3. The molecule has 3 heteroatoms. The Balaban J connectivity index is 2.56. The predicted molar refractivity (Wildman–Crippen MR) is 70.1 cm³/mol. The number of phenols is 1. The first kappa shape index (κ1) is 13.7.